The number of pyridine rings is 1. The quantitative estimate of drug-likeness (QED) is 0.215. The molecular formula is C36H36BrN7O4. The Morgan fingerprint density at radius 1 is 1.04 bits per heavy atom. The number of benzene rings is 1. The second kappa shape index (κ2) is 10.2. The van der Waals surface area contributed by atoms with Crippen molar-refractivity contribution in [1.82, 2.24) is 29.6 Å². The number of aryl methyl sites for hydroxylation is 2. The third-order valence-corrected chi connectivity index (χ3v) is 12.0. The molecule has 4 bridgehead atoms. The smallest absolute Gasteiger partial charge is 0.248 e. The van der Waals surface area contributed by atoms with Crippen molar-refractivity contribution in [2.45, 2.75) is 84.5 Å². The highest BCUT2D eigenvalue weighted by Crippen LogP contribution is 2.79. The molecule has 1 N–H and O–H groups in total. The van der Waals surface area contributed by atoms with E-state index in [2.05, 4.69) is 36.2 Å². The van der Waals surface area contributed by atoms with Crippen LogP contribution in [-0.2, 0) is 27.5 Å². The van der Waals surface area contributed by atoms with E-state index >= 15 is 0 Å². The summed E-state index contributed by atoms with van der Waals surface area (Å²) in [5.41, 5.74) is 4.96. The van der Waals surface area contributed by atoms with E-state index in [1.165, 1.54) is 6.92 Å². The zero-order chi connectivity index (χ0) is 33.2. The molecule has 8 aliphatic rings. The van der Waals surface area contributed by atoms with Crippen LogP contribution < -0.4 is 5.32 Å². The van der Waals surface area contributed by atoms with Crippen LogP contribution in [-0.4, -0.2) is 65.9 Å². The molecule has 3 aromatic heterocycles. The Morgan fingerprint density at radius 2 is 1.81 bits per heavy atom. The maximum atomic E-state index is 14.5. The second-order valence-electron chi connectivity index (χ2n) is 15.2. The van der Waals surface area contributed by atoms with Gasteiger partial charge in [-0.3, -0.25) is 19.1 Å². The average Bonchev–Trinajstić information content (AvgIpc) is 3.40. The number of hydrogen-bond donors (Lipinski definition) is 1. The first-order chi connectivity index (χ1) is 23.0. The van der Waals surface area contributed by atoms with Crippen molar-refractivity contribution < 1.29 is 19.1 Å². The number of hydrogen-bond acceptors (Lipinski definition) is 8. The molecule has 12 heteroatoms. The van der Waals surface area contributed by atoms with Gasteiger partial charge in [-0.05, 0) is 114 Å². The number of carbonyl (C=O) groups is 3. The number of fused-ring (bicyclic) bond motifs is 1. The van der Waals surface area contributed by atoms with Crippen LogP contribution in [0, 0.1) is 30.1 Å². The van der Waals surface area contributed by atoms with Gasteiger partial charge in [0.15, 0.2) is 5.78 Å². The summed E-state index contributed by atoms with van der Waals surface area (Å²) in [5, 5.41) is 8.44. The molecule has 12 rings (SSSR count). The fourth-order valence-electron chi connectivity index (χ4n) is 9.87. The lowest BCUT2D eigenvalue weighted by molar-refractivity contribution is -0.242. The highest BCUT2D eigenvalue weighted by molar-refractivity contribution is 9.10. The van der Waals surface area contributed by atoms with Crippen molar-refractivity contribution in [3.63, 3.8) is 0 Å². The Morgan fingerprint density at radius 3 is 2.56 bits per heavy atom. The molecule has 4 aliphatic heterocycles. The molecule has 4 aliphatic carbocycles. The number of halogens is 1. The van der Waals surface area contributed by atoms with Gasteiger partial charge in [0, 0.05) is 41.9 Å². The Bertz CT molecular complexity index is 2060. The van der Waals surface area contributed by atoms with E-state index in [9.17, 15) is 14.4 Å². The van der Waals surface area contributed by atoms with Gasteiger partial charge in [0.25, 0.3) is 0 Å². The number of amides is 2. The van der Waals surface area contributed by atoms with Crippen molar-refractivity contribution in [1.29, 1.82) is 0 Å². The summed E-state index contributed by atoms with van der Waals surface area (Å²) in [7, 11) is 0. The van der Waals surface area contributed by atoms with Crippen LogP contribution in [0.25, 0.3) is 22.0 Å². The molecule has 1 saturated heterocycles. The summed E-state index contributed by atoms with van der Waals surface area (Å²) < 4.78 is 8.45. The fraction of sp³-hybridized carbons (Fsp3) is 0.472. The molecule has 48 heavy (non-hydrogen) atoms. The van der Waals surface area contributed by atoms with E-state index in [1.807, 2.05) is 43.0 Å². The minimum atomic E-state index is -0.626. The Kier molecular flexibility index (Phi) is 6.41. The van der Waals surface area contributed by atoms with Gasteiger partial charge in [-0.2, -0.15) is 5.10 Å². The molecule has 1 spiro atoms. The zero-order valence-electron chi connectivity index (χ0n) is 27.2. The number of nitrogens with zero attached hydrogens (tertiary/aromatic N) is 6. The maximum absolute atomic E-state index is 14.5. The standard InChI is InChI=1S/C36H36BrN7O4/c1-19-6-23(24-10-38-21(3)39-11-24)7-25-30(20(2)45)42-43(31(19)25)12-29(46)44-26-8-36(9-27(36)44)17-34-14-35(15-34,16-34)18-48-13-22-4-5-28(37)40-32(22)41-33(26)47/h4-7,10-11,26-27H,8-9,12-18H2,1-3H3,(H,40,41,47)/t26?,27-,34?,35?,36+/m1/s1. The Hall–Kier alpha value is -4.03. The lowest BCUT2D eigenvalue weighted by atomic mass is 9.33. The molecule has 11 nitrogen and oxygen atoms in total. The lowest BCUT2D eigenvalue weighted by Gasteiger charge is -2.72. The van der Waals surface area contributed by atoms with Crippen molar-refractivity contribution in [3.05, 3.63) is 63.9 Å². The van der Waals surface area contributed by atoms with Crippen LogP contribution in [0.3, 0.4) is 0 Å². The van der Waals surface area contributed by atoms with E-state index in [0.717, 1.165) is 66.5 Å². The molecule has 1 aromatic carbocycles. The van der Waals surface area contributed by atoms with E-state index < -0.39 is 6.04 Å². The number of ketones is 1. The van der Waals surface area contributed by atoms with Crippen molar-refractivity contribution >= 4 is 50.2 Å². The van der Waals surface area contributed by atoms with Gasteiger partial charge in [0.05, 0.1) is 18.7 Å². The molecule has 1 unspecified atom stereocenters. The molecule has 2 amide bonds. The number of anilines is 1. The molecule has 3 atom stereocenters. The van der Waals surface area contributed by atoms with Crippen molar-refractivity contribution in [2.75, 3.05) is 11.9 Å². The van der Waals surface area contributed by atoms with Gasteiger partial charge in [0.1, 0.15) is 34.5 Å². The van der Waals surface area contributed by atoms with E-state index in [4.69, 9.17) is 9.84 Å². The normalized spacial score (nSPS) is 30.0. The van der Waals surface area contributed by atoms with Gasteiger partial charge in [-0.25, -0.2) is 15.0 Å². The van der Waals surface area contributed by atoms with Crippen LogP contribution in [0.5, 0.6) is 0 Å². The average molecular weight is 711 g/mol. The third kappa shape index (κ3) is 4.58. The highest BCUT2D eigenvalue weighted by Gasteiger charge is 2.75. The Labute approximate surface area is 286 Å². The monoisotopic (exact) mass is 709 g/mol. The van der Waals surface area contributed by atoms with Crippen LogP contribution in [0.4, 0.5) is 5.82 Å². The lowest BCUT2D eigenvalue weighted by Crippen LogP contribution is -2.64. The highest BCUT2D eigenvalue weighted by atomic mass is 79.9. The van der Waals surface area contributed by atoms with Crippen LogP contribution >= 0.6 is 15.9 Å². The fourth-order valence-corrected chi connectivity index (χ4v) is 10.2. The van der Waals surface area contributed by atoms with E-state index in [1.54, 1.807) is 17.1 Å². The molecule has 7 heterocycles. The summed E-state index contributed by atoms with van der Waals surface area (Å²) in [4.78, 5) is 56.5. The molecule has 246 valence electrons. The zero-order valence-corrected chi connectivity index (χ0v) is 28.8. The first-order valence-electron chi connectivity index (χ1n) is 16.6. The van der Waals surface area contributed by atoms with Gasteiger partial charge in [-0.15, -0.1) is 0 Å². The number of Topliss-reactive ketones (excluding diaryl/α,β-unsaturated/α-hetero) is 1. The SMILES string of the molecule is CC(=O)c1nn(CC(=O)N2C3C[C@]4(C[C@@H]24)CC24CC(COCc5ccc(Br)nc5NC3=O)(C2)C4)c2c(C)cc(-c3cnc(C)nc3)cc12. The summed E-state index contributed by atoms with van der Waals surface area (Å²) in [6.45, 7) is 6.30. The van der Waals surface area contributed by atoms with Crippen molar-refractivity contribution in [3.8, 4) is 11.1 Å². The minimum Gasteiger partial charge on any atom is -0.376 e. The first-order valence-corrected chi connectivity index (χ1v) is 17.4. The predicted octanol–water partition coefficient (Wildman–Crippen LogP) is 5.56. The number of piperidine rings is 1. The number of likely N-dealkylation sites (tertiary alicyclic amines) is 1. The van der Waals surface area contributed by atoms with Crippen LogP contribution in [0.2, 0.25) is 0 Å². The predicted molar refractivity (Wildman–Crippen MR) is 180 cm³/mol. The molecular weight excluding hydrogens is 674 g/mol. The van der Waals surface area contributed by atoms with Crippen LogP contribution in [0.1, 0.15) is 72.9 Å². The summed E-state index contributed by atoms with van der Waals surface area (Å²) >= 11 is 3.45. The Balaban J connectivity index is 1.06. The van der Waals surface area contributed by atoms with E-state index in [-0.39, 0.29) is 41.0 Å². The molecule has 4 saturated carbocycles. The van der Waals surface area contributed by atoms with Gasteiger partial charge >= 0.3 is 0 Å². The molecule has 4 aromatic rings. The maximum Gasteiger partial charge on any atom is 0.248 e. The van der Waals surface area contributed by atoms with Gasteiger partial charge in [0.2, 0.25) is 11.8 Å². The number of ether oxygens (including phenoxy) is 1. The van der Waals surface area contributed by atoms with Crippen molar-refractivity contribution in [2.24, 2.45) is 16.2 Å². The van der Waals surface area contributed by atoms with Gasteiger partial charge < -0.3 is 15.0 Å². The molecule has 5 fully saturated rings. The van der Waals surface area contributed by atoms with Crippen LogP contribution in [0.15, 0.2) is 41.3 Å². The van der Waals surface area contributed by atoms with Gasteiger partial charge in [-0.1, -0.05) is 6.07 Å². The summed E-state index contributed by atoms with van der Waals surface area (Å²) in [6.07, 6.45) is 9.61. The molecule has 0 radical (unpaired) electrons. The third-order valence-electron chi connectivity index (χ3n) is 11.6. The summed E-state index contributed by atoms with van der Waals surface area (Å²) in [5.74, 6) is 0.548. The number of aromatic nitrogens is 5. The second-order valence-corrected chi connectivity index (χ2v) is 16.0. The largest absolute Gasteiger partial charge is 0.376 e. The minimum absolute atomic E-state index is 0.00498. The number of nitrogens with one attached hydrogen (secondary N) is 1. The number of carbonyl (C=O) groups excluding carboxylic acids is 3. The summed E-state index contributed by atoms with van der Waals surface area (Å²) in [6, 6.07) is 7.09. The topological polar surface area (TPSA) is 132 Å². The first kappa shape index (κ1) is 30.1. The van der Waals surface area contributed by atoms with E-state index in [0.29, 0.717) is 45.8 Å². The number of rotatable bonds is 4.